The van der Waals surface area contributed by atoms with Crippen molar-refractivity contribution in [1.82, 2.24) is 0 Å². The molecule has 0 aliphatic rings. The molecule has 0 fully saturated rings. The Morgan fingerprint density at radius 1 is 1.21 bits per heavy atom. The Labute approximate surface area is 140 Å². The zero-order valence-corrected chi connectivity index (χ0v) is 13.6. The molecule has 2 aromatic rings. The van der Waals surface area contributed by atoms with Crippen molar-refractivity contribution in [3.8, 4) is 5.75 Å². The number of likely N-dealkylation sites (N-methyl/N-ethyl adjacent to an activating group) is 1. The first-order valence-corrected chi connectivity index (χ1v) is 7.45. The number of nitro benzene ring substituents is 1. The Kier molecular flexibility index (Phi) is 5.73. The normalized spacial score (nSPS) is 13.2. The van der Waals surface area contributed by atoms with Gasteiger partial charge < -0.3 is 20.5 Å². The number of nitrogens with zero attached hydrogens (tertiary/aromatic N) is 2. The summed E-state index contributed by atoms with van der Waals surface area (Å²) >= 11 is 0. The van der Waals surface area contributed by atoms with E-state index in [1.165, 1.54) is 12.1 Å². The van der Waals surface area contributed by atoms with Crippen LogP contribution >= 0.6 is 0 Å². The fourth-order valence-corrected chi connectivity index (χ4v) is 2.63. The minimum atomic E-state index is -0.543. The second kappa shape index (κ2) is 7.76. The first kappa shape index (κ1) is 17.7. The molecular formula is C17H21N3O4. The highest BCUT2D eigenvalue weighted by molar-refractivity contribution is 5.51. The summed E-state index contributed by atoms with van der Waals surface area (Å²) in [4.78, 5) is 12.3. The van der Waals surface area contributed by atoms with Crippen LogP contribution < -0.4 is 15.4 Å². The largest absolute Gasteiger partial charge is 0.497 e. The summed E-state index contributed by atoms with van der Waals surface area (Å²) in [6.45, 7) is -0.206. The lowest BCUT2D eigenvalue weighted by Crippen LogP contribution is -2.41. The van der Waals surface area contributed by atoms with Gasteiger partial charge in [-0.05, 0) is 29.8 Å². The van der Waals surface area contributed by atoms with Crippen molar-refractivity contribution >= 4 is 11.4 Å². The van der Waals surface area contributed by atoms with Gasteiger partial charge in [-0.25, -0.2) is 0 Å². The highest BCUT2D eigenvalue weighted by Gasteiger charge is 2.25. The lowest BCUT2D eigenvalue weighted by atomic mass is 9.98. The molecule has 0 radical (unpaired) electrons. The third-order valence-electron chi connectivity index (χ3n) is 3.96. The molecule has 0 aliphatic heterocycles. The van der Waals surface area contributed by atoms with Gasteiger partial charge in [0.1, 0.15) is 5.75 Å². The van der Waals surface area contributed by atoms with E-state index >= 15 is 0 Å². The van der Waals surface area contributed by atoms with Crippen LogP contribution in [0.5, 0.6) is 5.75 Å². The van der Waals surface area contributed by atoms with E-state index in [2.05, 4.69) is 0 Å². The highest BCUT2D eigenvalue weighted by Crippen LogP contribution is 2.30. The zero-order valence-electron chi connectivity index (χ0n) is 13.6. The van der Waals surface area contributed by atoms with Crippen LogP contribution in [0, 0.1) is 10.1 Å². The summed E-state index contributed by atoms with van der Waals surface area (Å²) in [5, 5.41) is 20.3. The van der Waals surface area contributed by atoms with Gasteiger partial charge in [-0.1, -0.05) is 12.1 Å². The Morgan fingerprint density at radius 3 is 2.25 bits per heavy atom. The van der Waals surface area contributed by atoms with Crippen LogP contribution in [0.1, 0.15) is 11.6 Å². The second-order valence-electron chi connectivity index (χ2n) is 5.45. The number of anilines is 1. The van der Waals surface area contributed by atoms with Gasteiger partial charge in [0, 0.05) is 24.9 Å². The maximum absolute atomic E-state index is 10.8. The number of ether oxygens (including phenoxy) is 1. The van der Waals surface area contributed by atoms with Crippen LogP contribution in [0.4, 0.5) is 11.4 Å². The molecule has 7 nitrogen and oxygen atoms in total. The van der Waals surface area contributed by atoms with Gasteiger partial charge in [-0.3, -0.25) is 10.1 Å². The van der Waals surface area contributed by atoms with Crippen LogP contribution in [-0.4, -0.2) is 36.8 Å². The van der Waals surface area contributed by atoms with E-state index in [0.717, 1.165) is 17.0 Å². The predicted molar refractivity (Wildman–Crippen MR) is 92.3 cm³/mol. The third-order valence-corrected chi connectivity index (χ3v) is 3.96. The molecule has 0 aromatic heterocycles. The molecule has 3 N–H and O–H groups in total. The number of aliphatic hydroxyl groups is 1. The standard InChI is InChI=1S/C17H21N3O4/c1-19(13-7-9-15(24-2)10-8-13)17(16(18)11-21)12-3-5-14(6-4-12)20(22)23/h3-10,16-17,21H,11,18H2,1-2H3/t16-,17-/m1/s1. The Hall–Kier alpha value is -2.64. The van der Waals surface area contributed by atoms with Crippen molar-refractivity contribution in [3.05, 3.63) is 64.2 Å². The molecular weight excluding hydrogens is 310 g/mol. The number of non-ortho nitro benzene ring substituents is 1. The quantitative estimate of drug-likeness (QED) is 0.595. The molecule has 0 amide bonds. The zero-order chi connectivity index (χ0) is 17.7. The molecule has 0 saturated carbocycles. The number of benzene rings is 2. The third kappa shape index (κ3) is 3.81. The summed E-state index contributed by atoms with van der Waals surface area (Å²) in [7, 11) is 3.46. The van der Waals surface area contributed by atoms with Gasteiger partial charge in [0.2, 0.25) is 0 Å². The van der Waals surface area contributed by atoms with Crippen molar-refractivity contribution in [3.63, 3.8) is 0 Å². The van der Waals surface area contributed by atoms with E-state index in [4.69, 9.17) is 10.5 Å². The first-order chi connectivity index (χ1) is 11.5. The number of hydrogen-bond donors (Lipinski definition) is 2. The van der Waals surface area contributed by atoms with Crippen molar-refractivity contribution in [2.45, 2.75) is 12.1 Å². The summed E-state index contributed by atoms with van der Waals surface area (Å²) in [5.41, 5.74) is 7.79. The monoisotopic (exact) mass is 331 g/mol. The number of rotatable bonds is 7. The van der Waals surface area contributed by atoms with E-state index in [1.807, 2.05) is 36.2 Å². The second-order valence-corrected chi connectivity index (χ2v) is 5.45. The van der Waals surface area contributed by atoms with Crippen LogP contribution in [-0.2, 0) is 0 Å². The fraction of sp³-hybridized carbons (Fsp3) is 0.294. The van der Waals surface area contributed by atoms with Crippen molar-refractivity contribution < 1.29 is 14.8 Å². The number of nitrogens with two attached hydrogens (primary N) is 1. The number of nitro groups is 1. The highest BCUT2D eigenvalue weighted by atomic mass is 16.6. The smallest absolute Gasteiger partial charge is 0.269 e. The Bertz CT molecular complexity index is 673. The minimum Gasteiger partial charge on any atom is -0.497 e. The summed E-state index contributed by atoms with van der Waals surface area (Å²) in [5.74, 6) is 0.741. The first-order valence-electron chi connectivity index (χ1n) is 7.45. The van der Waals surface area contributed by atoms with Crippen molar-refractivity contribution in [1.29, 1.82) is 0 Å². The molecule has 2 atom stereocenters. The molecule has 0 bridgehead atoms. The van der Waals surface area contributed by atoms with Gasteiger partial charge in [0.05, 0.1) is 30.7 Å². The average Bonchev–Trinajstić information content (AvgIpc) is 2.62. The summed E-state index contributed by atoms with van der Waals surface area (Å²) in [6, 6.07) is 12.8. The predicted octanol–water partition coefficient (Wildman–Crippen LogP) is 2.10. The molecule has 2 aromatic carbocycles. The van der Waals surface area contributed by atoms with Crippen molar-refractivity contribution in [2.24, 2.45) is 5.73 Å². The molecule has 24 heavy (non-hydrogen) atoms. The molecule has 128 valence electrons. The maximum atomic E-state index is 10.8. The SMILES string of the molecule is COc1ccc(N(C)[C@H](c2ccc([N+](=O)[O-])cc2)[C@H](N)CO)cc1. The summed E-state index contributed by atoms with van der Waals surface area (Å²) in [6.07, 6.45) is 0. The van der Waals surface area contributed by atoms with Gasteiger partial charge in [0.15, 0.2) is 0 Å². The minimum absolute atomic E-state index is 0.0159. The average molecular weight is 331 g/mol. The maximum Gasteiger partial charge on any atom is 0.269 e. The van der Waals surface area contributed by atoms with E-state index < -0.39 is 11.0 Å². The Balaban J connectivity index is 2.34. The van der Waals surface area contributed by atoms with Gasteiger partial charge in [0.25, 0.3) is 5.69 Å². The van der Waals surface area contributed by atoms with Gasteiger partial charge in [-0.2, -0.15) is 0 Å². The van der Waals surface area contributed by atoms with Crippen LogP contribution in [0.15, 0.2) is 48.5 Å². The summed E-state index contributed by atoms with van der Waals surface area (Å²) < 4.78 is 5.15. The molecule has 0 heterocycles. The molecule has 0 saturated heterocycles. The van der Waals surface area contributed by atoms with E-state index in [0.29, 0.717) is 0 Å². The van der Waals surface area contributed by atoms with E-state index in [1.54, 1.807) is 19.2 Å². The molecule has 7 heteroatoms. The molecule has 0 aliphatic carbocycles. The fourth-order valence-electron chi connectivity index (χ4n) is 2.63. The van der Waals surface area contributed by atoms with Gasteiger partial charge >= 0.3 is 0 Å². The number of hydrogen-bond acceptors (Lipinski definition) is 6. The molecule has 0 spiro atoms. The van der Waals surface area contributed by atoms with Crippen LogP contribution in [0.3, 0.4) is 0 Å². The lowest BCUT2D eigenvalue weighted by molar-refractivity contribution is -0.384. The van der Waals surface area contributed by atoms with Crippen molar-refractivity contribution in [2.75, 3.05) is 25.7 Å². The molecule has 2 rings (SSSR count). The van der Waals surface area contributed by atoms with E-state index in [9.17, 15) is 15.2 Å². The van der Waals surface area contributed by atoms with E-state index in [-0.39, 0.29) is 18.3 Å². The van der Waals surface area contributed by atoms with Crippen LogP contribution in [0.2, 0.25) is 0 Å². The topological polar surface area (TPSA) is 102 Å². The number of methoxy groups -OCH3 is 1. The Morgan fingerprint density at radius 2 is 1.79 bits per heavy atom. The number of aliphatic hydroxyl groups excluding tert-OH is 1. The van der Waals surface area contributed by atoms with Gasteiger partial charge in [-0.15, -0.1) is 0 Å². The molecule has 0 unspecified atom stereocenters. The lowest BCUT2D eigenvalue weighted by Gasteiger charge is -2.34. The van der Waals surface area contributed by atoms with Crippen LogP contribution in [0.25, 0.3) is 0 Å².